The fourth-order valence-electron chi connectivity index (χ4n) is 2.35. The molecule has 0 amide bonds. The third-order valence-corrected chi connectivity index (χ3v) is 3.66. The number of hydrogen-bond acceptors (Lipinski definition) is 3. The number of nitrogens with zero attached hydrogens (tertiary/aromatic N) is 3. The summed E-state index contributed by atoms with van der Waals surface area (Å²) in [6, 6.07) is 2.33. The third kappa shape index (κ3) is 2.18. The van der Waals surface area contributed by atoms with Crippen LogP contribution in [0.25, 0.3) is 5.65 Å². The molecule has 19 heavy (non-hydrogen) atoms. The summed E-state index contributed by atoms with van der Waals surface area (Å²) in [5, 5.41) is 7.83. The van der Waals surface area contributed by atoms with Gasteiger partial charge in [-0.25, -0.2) is 0 Å². The lowest BCUT2D eigenvalue weighted by Crippen LogP contribution is -2.48. The maximum atomic E-state index is 12.7. The SMILES string of the molecule is NC1(Cc2nnc3ccc(C(F)(F)F)cn23)CCC1. The van der Waals surface area contributed by atoms with Crippen molar-refractivity contribution in [3.63, 3.8) is 0 Å². The lowest BCUT2D eigenvalue weighted by Gasteiger charge is -2.37. The summed E-state index contributed by atoms with van der Waals surface area (Å²) in [6.07, 6.45) is -0.0719. The van der Waals surface area contributed by atoms with E-state index < -0.39 is 11.7 Å². The molecule has 0 spiro atoms. The minimum atomic E-state index is -4.37. The number of alkyl halides is 3. The maximum absolute atomic E-state index is 12.7. The Morgan fingerprint density at radius 2 is 2.00 bits per heavy atom. The first-order valence-electron chi connectivity index (χ1n) is 6.07. The van der Waals surface area contributed by atoms with Gasteiger partial charge < -0.3 is 5.73 Å². The third-order valence-electron chi connectivity index (χ3n) is 3.66. The van der Waals surface area contributed by atoms with E-state index in [1.54, 1.807) is 0 Å². The van der Waals surface area contributed by atoms with E-state index in [0.29, 0.717) is 17.9 Å². The minimum absolute atomic E-state index is 0.336. The number of halogens is 3. The van der Waals surface area contributed by atoms with Crippen LogP contribution in [0.3, 0.4) is 0 Å². The van der Waals surface area contributed by atoms with Crippen LogP contribution in [0, 0.1) is 0 Å². The first-order valence-corrected chi connectivity index (χ1v) is 6.07. The summed E-state index contributed by atoms with van der Waals surface area (Å²) in [6.45, 7) is 0. The molecule has 2 N–H and O–H groups in total. The van der Waals surface area contributed by atoms with Crippen molar-refractivity contribution >= 4 is 5.65 Å². The molecule has 1 saturated carbocycles. The van der Waals surface area contributed by atoms with Gasteiger partial charge in [0.2, 0.25) is 0 Å². The molecule has 0 aliphatic heterocycles. The molecule has 0 aromatic carbocycles. The molecular formula is C12H13F3N4. The summed E-state index contributed by atoms with van der Waals surface area (Å²) in [5.74, 6) is 0.489. The van der Waals surface area contributed by atoms with E-state index in [0.717, 1.165) is 31.5 Å². The summed E-state index contributed by atoms with van der Waals surface area (Å²) in [4.78, 5) is 0. The molecule has 0 unspecified atom stereocenters. The normalized spacial score (nSPS) is 18.5. The van der Waals surface area contributed by atoms with Crippen LogP contribution in [-0.2, 0) is 12.6 Å². The van der Waals surface area contributed by atoms with Gasteiger partial charge in [0.25, 0.3) is 0 Å². The average Bonchev–Trinajstić information content (AvgIpc) is 2.68. The standard InChI is InChI=1S/C12H13F3N4/c13-12(14,15)8-2-3-9-17-18-10(19(9)7-8)6-11(16)4-1-5-11/h2-3,7H,1,4-6,16H2. The number of aromatic nitrogens is 3. The van der Waals surface area contributed by atoms with Gasteiger partial charge >= 0.3 is 6.18 Å². The van der Waals surface area contributed by atoms with E-state index in [9.17, 15) is 13.2 Å². The highest BCUT2D eigenvalue weighted by Crippen LogP contribution is 2.33. The first-order chi connectivity index (χ1) is 8.87. The van der Waals surface area contributed by atoms with Gasteiger partial charge in [-0.15, -0.1) is 10.2 Å². The molecule has 7 heteroatoms. The van der Waals surface area contributed by atoms with Crippen LogP contribution in [0.2, 0.25) is 0 Å². The molecule has 0 atom stereocenters. The van der Waals surface area contributed by atoms with Crippen molar-refractivity contribution in [2.75, 3.05) is 0 Å². The van der Waals surface area contributed by atoms with Gasteiger partial charge in [0.15, 0.2) is 5.65 Å². The van der Waals surface area contributed by atoms with Crippen molar-refractivity contribution in [2.45, 2.75) is 37.4 Å². The van der Waals surface area contributed by atoms with Gasteiger partial charge in [-0.2, -0.15) is 13.2 Å². The Labute approximate surface area is 107 Å². The molecule has 4 nitrogen and oxygen atoms in total. The largest absolute Gasteiger partial charge is 0.417 e. The second-order valence-electron chi connectivity index (χ2n) is 5.15. The van der Waals surface area contributed by atoms with Gasteiger partial charge in [0, 0.05) is 18.2 Å². The number of nitrogens with two attached hydrogens (primary N) is 1. The van der Waals surface area contributed by atoms with E-state index in [2.05, 4.69) is 10.2 Å². The zero-order valence-corrected chi connectivity index (χ0v) is 10.1. The molecule has 2 aromatic rings. The van der Waals surface area contributed by atoms with Crippen LogP contribution in [0.15, 0.2) is 18.3 Å². The molecule has 102 valence electrons. The van der Waals surface area contributed by atoms with E-state index in [4.69, 9.17) is 5.73 Å². The second kappa shape index (κ2) is 3.93. The number of fused-ring (bicyclic) bond motifs is 1. The van der Waals surface area contributed by atoms with Crippen LogP contribution in [0.5, 0.6) is 0 Å². The summed E-state index contributed by atoms with van der Waals surface area (Å²) < 4.78 is 39.5. The van der Waals surface area contributed by atoms with Crippen molar-refractivity contribution in [2.24, 2.45) is 5.73 Å². The highest BCUT2D eigenvalue weighted by Gasteiger charge is 2.35. The monoisotopic (exact) mass is 270 g/mol. The molecule has 1 aliphatic carbocycles. The second-order valence-corrected chi connectivity index (χ2v) is 5.15. The van der Waals surface area contributed by atoms with Gasteiger partial charge in [-0.3, -0.25) is 4.40 Å². The molecular weight excluding hydrogens is 257 g/mol. The van der Waals surface area contributed by atoms with Crippen molar-refractivity contribution in [1.29, 1.82) is 0 Å². The predicted molar refractivity (Wildman–Crippen MR) is 62.5 cm³/mol. The summed E-state index contributed by atoms with van der Waals surface area (Å²) >= 11 is 0. The molecule has 1 aliphatic rings. The number of hydrogen-bond donors (Lipinski definition) is 1. The first kappa shape index (κ1) is 12.4. The molecule has 0 radical (unpaired) electrons. The van der Waals surface area contributed by atoms with Crippen molar-refractivity contribution < 1.29 is 13.2 Å². The van der Waals surface area contributed by atoms with E-state index >= 15 is 0 Å². The van der Waals surface area contributed by atoms with Crippen molar-refractivity contribution in [1.82, 2.24) is 14.6 Å². The smallest absolute Gasteiger partial charge is 0.325 e. The zero-order valence-electron chi connectivity index (χ0n) is 10.1. The van der Waals surface area contributed by atoms with Gasteiger partial charge in [0.05, 0.1) is 5.56 Å². The number of pyridine rings is 1. The molecule has 0 saturated heterocycles. The molecule has 1 fully saturated rings. The molecule has 3 rings (SSSR count). The zero-order chi connectivity index (χ0) is 13.7. The van der Waals surface area contributed by atoms with E-state index in [1.807, 2.05) is 0 Å². The average molecular weight is 270 g/mol. The Morgan fingerprint density at radius 1 is 1.26 bits per heavy atom. The Kier molecular flexibility index (Phi) is 2.57. The fourth-order valence-corrected chi connectivity index (χ4v) is 2.35. The summed E-state index contributed by atoms with van der Waals surface area (Å²) in [5.41, 5.74) is 5.47. The van der Waals surface area contributed by atoms with Crippen LogP contribution in [0.4, 0.5) is 13.2 Å². The van der Waals surface area contributed by atoms with Gasteiger partial charge in [-0.05, 0) is 31.4 Å². The molecule has 2 heterocycles. The molecule has 0 bridgehead atoms. The fraction of sp³-hybridized carbons (Fsp3) is 0.500. The van der Waals surface area contributed by atoms with Crippen molar-refractivity contribution in [3.8, 4) is 0 Å². The number of rotatable bonds is 2. The maximum Gasteiger partial charge on any atom is 0.417 e. The van der Waals surface area contributed by atoms with E-state index in [-0.39, 0.29) is 5.54 Å². The quantitative estimate of drug-likeness (QED) is 0.910. The van der Waals surface area contributed by atoms with E-state index in [1.165, 1.54) is 10.5 Å². The Morgan fingerprint density at radius 3 is 2.58 bits per heavy atom. The Bertz CT molecular complexity index is 613. The summed E-state index contributed by atoms with van der Waals surface area (Å²) in [7, 11) is 0. The van der Waals surface area contributed by atoms with Crippen LogP contribution in [0.1, 0.15) is 30.7 Å². The highest BCUT2D eigenvalue weighted by molar-refractivity contribution is 5.40. The highest BCUT2D eigenvalue weighted by atomic mass is 19.4. The molecule has 2 aromatic heterocycles. The van der Waals surface area contributed by atoms with Crippen LogP contribution in [-0.4, -0.2) is 20.1 Å². The predicted octanol–water partition coefficient (Wildman–Crippen LogP) is 2.17. The lowest BCUT2D eigenvalue weighted by molar-refractivity contribution is -0.137. The van der Waals surface area contributed by atoms with Crippen LogP contribution < -0.4 is 5.73 Å². The van der Waals surface area contributed by atoms with Crippen molar-refractivity contribution in [3.05, 3.63) is 29.7 Å². The van der Waals surface area contributed by atoms with Gasteiger partial charge in [0.1, 0.15) is 5.82 Å². The van der Waals surface area contributed by atoms with Gasteiger partial charge in [-0.1, -0.05) is 0 Å². The Balaban J connectivity index is 2.00. The minimum Gasteiger partial charge on any atom is -0.325 e. The Hall–Kier alpha value is -1.63. The van der Waals surface area contributed by atoms with Crippen LogP contribution >= 0.6 is 0 Å². The topological polar surface area (TPSA) is 56.2 Å². The lowest BCUT2D eigenvalue weighted by atomic mass is 9.75.